The Morgan fingerprint density at radius 1 is 1.31 bits per heavy atom. The summed E-state index contributed by atoms with van der Waals surface area (Å²) < 4.78 is 4.98. The van der Waals surface area contributed by atoms with Crippen LogP contribution in [-0.2, 0) is 6.54 Å². The van der Waals surface area contributed by atoms with Crippen molar-refractivity contribution in [2.75, 3.05) is 25.0 Å². The Balaban J connectivity index is 0.00000243. The summed E-state index contributed by atoms with van der Waals surface area (Å²) in [6.45, 7) is 6.45. The Morgan fingerprint density at radius 3 is 2.73 bits per heavy atom. The molecule has 7 nitrogen and oxygen atoms in total. The Labute approximate surface area is 171 Å². The number of nitrogens with one attached hydrogen (secondary N) is 2. The number of piperidine rings is 1. The van der Waals surface area contributed by atoms with Gasteiger partial charge in [0, 0.05) is 38.8 Å². The van der Waals surface area contributed by atoms with Crippen LogP contribution >= 0.6 is 24.0 Å². The summed E-state index contributed by atoms with van der Waals surface area (Å²) in [4.78, 5) is 10.9. The molecule has 1 saturated heterocycles. The zero-order valence-electron chi connectivity index (χ0n) is 15.5. The van der Waals surface area contributed by atoms with Crippen molar-refractivity contribution in [1.82, 2.24) is 20.8 Å². The van der Waals surface area contributed by atoms with Crippen LogP contribution in [0.25, 0.3) is 0 Å². The van der Waals surface area contributed by atoms with E-state index < -0.39 is 0 Å². The van der Waals surface area contributed by atoms with Crippen molar-refractivity contribution in [3.05, 3.63) is 41.5 Å². The van der Waals surface area contributed by atoms with Crippen molar-refractivity contribution in [3.8, 4) is 0 Å². The first-order chi connectivity index (χ1) is 12.1. The number of aliphatic imine (C=N–C) groups is 1. The van der Waals surface area contributed by atoms with Crippen LogP contribution in [0.1, 0.15) is 30.1 Å². The fourth-order valence-electron chi connectivity index (χ4n) is 3.05. The van der Waals surface area contributed by atoms with Crippen molar-refractivity contribution in [1.29, 1.82) is 0 Å². The number of rotatable bonds is 4. The number of aromatic nitrogens is 2. The number of nitrogens with zero attached hydrogens (tertiary/aromatic N) is 4. The van der Waals surface area contributed by atoms with E-state index in [1.807, 2.05) is 0 Å². The summed E-state index contributed by atoms with van der Waals surface area (Å²) in [6, 6.07) is 9.08. The van der Waals surface area contributed by atoms with Gasteiger partial charge in [0.1, 0.15) is 0 Å². The van der Waals surface area contributed by atoms with Crippen molar-refractivity contribution in [2.24, 2.45) is 4.99 Å². The zero-order chi connectivity index (χ0) is 17.6. The minimum Gasteiger partial charge on any atom is -0.369 e. The first-order valence-electron chi connectivity index (χ1n) is 8.72. The number of benzene rings is 1. The van der Waals surface area contributed by atoms with Crippen LogP contribution < -0.4 is 15.5 Å². The highest BCUT2D eigenvalue weighted by Gasteiger charge is 2.21. The minimum atomic E-state index is 0. The topological polar surface area (TPSA) is 78.6 Å². The van der Waals surface area contributed by atoms with Gasteiger partial charge in [-0.15, -0.1) is 24.0 Å². The van der Waals surface area contributed by atoms with Gasteiger partial charge in [-0.05, 0) is 31.9 Å². The first-order valence-corrected chi connectivity index (χ1v) is 8.72. The van der Waals surface area contributed by atoms with Crippen LogP contribution in [0.3, 0.4) is 0 Å². The van der Waals surface area contributed by atoms with E-state index in [4.69, 9.17) is 4.52 Å². The Bertz CT molecular complexity index is 715. The molecular weight excluding hydrogens is 443 g/mol. The lowest BCUT2D eigenvalue weighted by Gasteiger charge is -2.35. The Kier molecular flexibility index (Phi) is 7.67. The first kappa shape index (κ1) is 20.5. The molecule has 3 rings (SSSR count). The van der Waals surface area contributed by atoms with Crippen molar-refractivity contribution >= 4 is 35.6 Å². The fraction of sp³-hybridized carbons (Fsp3) is 0.500. The van der Waals surface area contributed by atoms with Gasteiger partial charge in [0.05, 0.1) is 6.54 Å². The highest BCUT2D eigenvalue weighted by molar-refractivity contribution is 14.0. The van der Waals surface area contributed by atoms with E-state index in [0.717, 1.165) is 31.9 Å². The number of aryl methyl sites for hydroxylation is 2. The predicted molar refractivity (Wildman–Crippen MR) is 114 cm³/mol. The maximum absolute atomic E-state index is 4.98. The molecule has 0 saturated carbocycles. The summed E-state index contributed by atoms with van der Waals surface area (Å²) in [5.41, 5.74) is 2.57. The smallest absolute Gasteiger partial charge is 0.223 e. The normalized spacial score (nSPS) is 17.6. The molecule has 26 heavy (non-hydrogen) atoms. The van der Waals surface area contributed by atoms with E-state index in [1.54, 1.807) is 14.0 Å². The molecule has 1 atom stereocenters. The molecule has 0 amide bonds. The lowest BCUT2D eigenvalue weighted by atomic mass is 10.0. The zero-order valence-corrected chi connectivity index (χ0v) is 17.9. The summed E-state index contributed by atoms with van der Waals surface area (Å²) in [6.07, 6.45) is 2.29. The van der Waals surface area contributed by atoms with Gasteiger partial charge in [0.2, 0.25) is 5.89 Å². The molecule has 2 heterocycles. The van der Waals surface area contributed by atoms with Gasteiger partial charge in [-0.3, -0.25) is 4.99 Å². The van der Waals surface area contributed by atoms with E-state index in [2.05, 4.69) is 61.9 Å². The maximum Gasteiger partial charge on any atom is 0.223 e. The van der Waals surface area contributed by atoms with E-state index in [-0.39, 0.29) is 24.0 Å². The predicted octanol–water partition coefficient (Wildman–Crippen LogP) is 2.64. The van der Waals surface area contributed by atoms with Crippen LogP contribution in [0.4, 0.5) is 5.69 Å². The van der Waals surface area contributed by atoms with E-state index in [1.165, 1.54) is 11.3 Å². The number of hydrogen-bond acceptors (Lipinski definition) is 5. The summed E-state index contributed by atoms with van der Waals surface area (Å²) in [7, 11) is 1.78. The average molecular weight is 470 g/mol. The summed E-state index contributed by atoms with van der Waals surface area (Å²) >= 11 is 0. The fourth-order valence-corrected chi connectivity index (χ4v) is 3.05. The second kappa shape index (κ2) is 9.75. The van der Waals surface area contributed by atoms with Crippen LogP contribution in [0.15, 0.2) is 33.8 Å². The second-order valence-electron chi connectivity index (χ2n) is 6.42. The van der Waals surface area contributed by atoms with Crippen LogP contribution in [-0.4, -0.2) is 42.3 Å². The standard InChI is InChI=1S/C18H26N6O.HI/c1-13-6-8-16(9-7-13)24-10-4-5-15(12-24)22-18(19-3)20-11-17-21-14(2)25-23-17;/h6-9,15H,4-5,10-12H2,1-3H3,(H2,19,20,22);1H. The summed E-state index contributed by atoms with van der Waals surface area (Å²) in [5.74, 6) is 1.96. The third kappa shape index (κ3) is 5.58. The molecule has 1 aliphatic rings. The van der Waals surface area contributed by atoms with Crippen LogP contribution in [0.5, 0.6) is 0 Å². The Morgan fingerprint density at radius 2 is 2.08 bits per heavy atom. The Hall–Kier alpha value is -1.84. The molecule has 0 spiro atoms. The van der Waals surface area contributed by atoms with E-state index >= 15 is 0 Å². The van der Waals surface area contributed by atoms with E-state index in [9.17, 15) is 0 Å². The number of halogens is 1. The molecule has 1 aliphatic heterocycles. The van der Waals surface area contributed by atoms with Gasteiger partial charge in [0.15, 0.2) is 11.8 Å². The molecule has 1 aromatic heterocycles. The number of anilines is 1. The van der Waals surface area contributed by atoms with Gasteiger partial charge in [-0.2, -0.15) is 4.98 Å². The quantitative estimate of drug-likeness (QED) is 0.407. The van der Waals surface area contributed by atoms with Gasteiger partial charge >= 0.3 is 0 Å². The van der Waals surface area contributed by atoms with Crippen molar-refractivity contribution < 1.29 is 4.52 Å². The molecule has 1 aromatic carbocycles. The number of guanidine groups is 1. The van der Waals surface area contributed by atoms with Gasteiger partial charge in [-0.1, -0.05) is 22.9 Å². The van der Waals surface area contributed by atoms with Crippen LogP contribution in [0, 0.1) is 13.8 Å². The monoisotopic (exact) mass is 470 g/mol. The largest absolute Gasteiger partial charge is 0.369 e. The molecule has 8 heteroatoms. The highest BCUT2D eigenvalue weighted by atomic mass is 127. The molecule has 142 valence electrons. The molecule has 2 N–H and O–H groups in total. The van der Waals surface area contributed by atoms with Crippen LogP contribution in [0.2, 0.25) is 0 Å². The highest BCUT2D eigenvalue weighted by Crippen LogP contribution is 2.20. The lowest BCUT2D eigenvalue weighted by Crippen LogP contribution is -2.51. The third-order valence-corrected chi connectivity index (χ3v) is 4.37. The molecule has 1 unspecified atom stereocenters. The summed E-state index contributed by atoms with van der Waals surface area (Å²) in [5, 5.41) is 10.6. The molecular formula is C18H27IN6O. The van der Waals surface area contributed by atoms with Crippen molar-refractivity contribution in [2.45, 2.75) is 39.3 Å². The molecule has 1 fully saturated rings. The maximum atomic E-state index is 4.98. The molecule has 0 radical (unpaired) electrons. The minimum absolute atomic E-state index is 0. The van der Waals surface area contributed by atoms with E-state index in [0.29, 0.717) is 24.3 Å². The van der Waals surface area contributed by atoms with Gasteiger partial charge in [-0.25, -0.2) is 0 Å². The second-order valence-corrected chi connectivity index (χ2v) is 6.42. The van der Waals surface area contributed by atoms with Gasteiger partial charge in [0.25, 0.3) is 0 Å². The molecule has 0 bridgehead atoms. The number of hydrogen-bond donors (Lipinski definition) is 2. The molecule has 2 aromatic rings. The third-order valence-electron chi connectivity index (χ3n) is 4.37. The lowest BCUT2D eigenvalue weighted by molar-refractivity contribution is 0.386. The van der Waals surface area contributed by atoms with Crippen molar-refractivity contribution in [3.63, 3.8) is 0 Å². The molecule has 0 aliphatic carbocycles. The SMILES string of the molecule is CN=C(NCc1noc(C)n1)NC1CCCN(c2ccc(C)cc2)C1.I. The van der Waals surface area contributed by atoms with Gasteiger partial charge < -0.3 is 20.1 Å². The average Bonchev–Trinajstić information content (AvgIpc) is 3.05.